The van der Waals surface area contributed by atoms with Gasteiger partial charge in [0, 0.05) is 11.1 Å². The number of phenolic OH excluding ortho intramolecular Hbond substituents is 1. The summed E-state index contributed by atoms with van der Waals surface area (Å²) in [5.74, 6) is -1.57. The number of aromatic hydroxyl groups is 1. The number of hydrogen-bond acceptors (Lipinski definition) is 3. The summed E-state index contributed by atoms with van der Waals surface area (Å²) in [6, 6.07) is 15.1. The maximum atomic E-state index is 14.3. The van der Waals surface area contributed by atoms with Crippen LogP contribution >= 0.6 is 0 Å². The number of halogens is 1. The third-order valence-electron chi connectivity index (χ3n) is 4.78. The Kier molecular flexibility index (Phi) is 5.64. The van der Waals surface area contributed by atoms with Crippen LogP contribution in [0.4, 0.5) is 4.39 Å². The number of nitrogens with two attached hydrogens (primary N) is 2. The molecule has 0 atom stereocenters. The van der Waals surface area contributed by atoms with Crippen molar-refractivity contribution in [3.8, 4) is 28.0 Å². The van der Waals surface area contributed by atoms with Crippen LogP contribution < -0.4 is 11.5 Å². The molecule has 0 saturated carbocycles. The zero-order chi connectivity index (χ0) is 21.1. The predicted molar refractivity (Wildman–Crippen MR) is 109 cm³/mol. The van der Waals surface area contributed by atoms with Crippen LogP contribution in [-0.2, 0) is 22.4 Å². The van der Waals surface area contributed by atoms with Crippen LogP contribution in [0, 0.1) is 12.7 Å². The van der Waals surface area contributed by atoms with Gasteiger partial charge in [-0.05, 0) is 40.8 Å². The van der Waals surface area contributed by atoms with Gasteiger partial charge in [-0.1, -0.05) is 48.5 Å². The van der Waals surface area contributed by atoms with E-state index < -0.39 is 17.6 Å². The first-order chi connectivity index (χ1) is 13.8. The first-order valence-corrected chi connectivity index (χ1v) is 9.03. The van der Waals surface area contributed by atoms with Crippen LogP contribution in [0.5, 0.6) is 5.75 Å². The second-order valence-corrected chi connectivity index (χ2v) is 6.94. The molecular weight excluding hydrogens is 371 g/mol. The zero-order valence-electron chi connectivity index (χ0n) is 15.9. The average Bonchev–Trinajstić information content (AvgIpc) is 2.65. The summed E-state index contributed by atoms with van der Waals surface area (Å²) in [6.45, 7) is 1.87. The Morgan fingerprint density at radius 2 is 1.38 bits per heavy atom. The van der Waals surface area contributed by atoms with Crippen LogP contribution in [0.1, 0.15) is 16.7 Å². The fourth-order valence-electron chi connectivity index (χ4n) is 3.30. The summed E-state index contributed by atoms with van der Waals surface area (Å²) in [4.78, 5) is 22.2. The normalized spacial score (nSPS) is 10.7. The van der Waals surface area contributed by atoms with Crippen LogP contribution in [0.3, 0.4) is 0 Å². The molecule has 3 aromatic carbocycles. The minimum atomic E-state index is -0.614. The van der Waals surface area contributed by atoms with E-state index >= 15 is 0 Å². The summed E-state index contributed by atoms with van der Waals surface area (Å²) in [6.07, 6.45) is -0.0376. The standard InChI is InChI=1S/C23H21FN2O3/c1-13-9-15(6-5-14(13)11-21(25)27)18-3-2-4-19(23(18)29)16-7-8-17(12-22(26)28)20(24)10-16/h2-10,29H,11-12H2,1H3,(H2,25,27)(H2,26,28). The number of carbonyl (C=O) groups excluding carboxylic acids is 2. The predicted octanol–water partition coefficient (Wildman–Crippen LogP) is 3.23. The van der Waals surface area contributed by atoms with Gasteiger partial charge in [0.2, 0.25) is 11.8 Å². The lowest BCUT2D eigenvalue weighted by molar-refractivity contribution is -0.118. The number of hydrogen-bond donors (Lipinski definition) is 3. The number of amides is 2. The largest absolute Gasteiger partial charge is 0.507 e. The van der Waals surface area contributed by atoms with Gasteiger partial charge >= 0.3 is 0 Å². The number of phenols is 1. The molecule has 0 aliphatic heterocycles. The number of aryl methyl sites for hydroxylation is 1. The van der Waals surface area contributed by atoms with E-state index in [1.165, 1.54) is 12.1 Å². The van der Waals surface area contributed by atoms with Crippen molar-refractivity contribution in [3.05, 3.63) is 77.1 Å². The molecule has 5 N–H and O–H groups in total. The monoisotopic (exact) mass is 392 g/mol. The van der Waals surface area contributed by atoms with E-state index in [0.717, 1.165) is 16.7 Å². The summed E-state index contributed by atoms with van der Waals surface area (Å²) in [5, 5.41) is 10.8. The topological polar surface area (TPSA) is 106 Å². The minimum Gasteiger partial charge on any atom is -0.507 e. The summed E-state index contributed by atoms with van der Waals surface area (Å²) in [5.41, 5.74) is 14.6. The molecule has 3 aromatic rings. The number of rotatable bonds is 6. The molecule has 6 heteroatoms. The van der Waals surface area contributed by atoms with Crippen LogP contribution in [0.15, 0.2) is 54.6 Å². The van der Waals surface area contributed by atoms with Crippen LogP contribution in [0.25, 0.3) is 22.3 Å². The molecular formula is C23H21FN2O3. The highest BCUT2D eigenvalue weighted by Crippen LogP contribution is 2.38. The molecule has 0 unspecified atom stereocenters. The van der Waals surface area contributed by atoms with Crippen molar-refractivity contribution in [2.45, 2.75) is 19.8 Å². The molecule has 0 fully saturated rings. The molecule has 0 heterocycles. The van der Waals surface area contributed by atoms with Gasteiger partial charge in [0.25, 0.3) is 0 Å². The summed E-state index contributed by atoms with van der Waals surface area (Å²) < 4.78 is 14.3. The van der Waals surface area contributed by atoms with Crippen LogP contribution in [0.2, 0.25) is 0 Å². The van der Waals surface area contributed by atoms with Crippen molar-refractivity contribution in [1.82, 2.24) is 0 Å². The summed E-state index contributed by atoms with van der Waals surface area (Å²) in [7, 11) is 0. The van der Waals surface area contributed by atoms with Crippen molar-refractivity contribution in [3.63, 3.8) is 0 Å². The van der Waals surface area contributed by atoms with Crippen molar-refractivity contribution in [1.29, 1.82) is 0 Å². The van der Waals surface area contributed by atoms with Gasteiger partial charge in [0.1, 0.15) is 11.6 Å². The molecule has 0 aliphatic rings. The summed E-state index contributed by atoms with van der Waals surface area (Å²) >= 11 is 0. The number of para-hydroxylation sites is 1. The van der Waals surface area contributed by atoms with Gasteiger partial charge in [-0.2, -0.15) is 0 Å². The maximum absolute atomic E-state index is 14.3. The van der Waals surface area contributed by atoms with Gasteiger partial charge in [0.05, 0.1) is 12.8 Å². The lowest BCUT2D eigenvalue weighted by Gasteiger charge is -2.13. The fourth-order valence-corrected chi connectivity index (χ4v) is 3.30. The van der Waals surface area contributed by atoms with Crippen molar-refractivity contribution in [2.24, 2.45) is 11.5 Å². The van der Waals surface area contributed by atoms with E-state index in [1.807, 2.05) is 13.0 Å². The molecule has 0 aromatic heterocycles. The highest BCUT2D eigenvalue weighted by molar-refractivity contribution is 5.83. The molecule has 0 radical (unpaired) electrons. The van der Waals surface area contributed by atoms with Gasteiger partial charge < -0.3 is 16.6 Å². The second kappa shape index (κ2) is 8.14. The van der Waals surface area contributed by atoms with Crippen molar-refractivity contribution < 1.29 is 19.1 Å². The number of benzene rings is 3. The SMILES string of the molecule is Cc1cc(-c2cccc(-c3ccc(CC(N)=O)c(F)c3)c2O)ccc1CC(N)=O. The van der Waals surface area contributed by atoms with E-state index in [9.17, 15) is 19.1 Å². The average molecular weight is 392 g/mol. The fraction of sp³-hybridized carbons (Fsp3) is 0.130. The van der Waals surface area contributed by atoms with E-state index in [1.54, 1.807) is 36.4 Å². The highest BCUT2D eigenvalue weighted by Gasteiger charge is 2.14. The van der Waals surface area contributed by atoms with E-state index in [0.29, 0.717) is 16.7 Å². The molecule has 0 spiro atoms. The second-order valence-electron chi connectivity index (χ2n) is 6.94. The maximum Gasteiger partial charge on any atom is 0.221 e. The molecule has 0 aliphatic carbocycles. The van der Waals surface area contributed by atoms with Gasteiger partial charge in [-0.3, -0.25) is 9.59 Å². The smallest absolute Gasteiger partial charge is 0.221 e. The third kappa shape index (κ3) is 4.43. The van der Waals surface area contributed by atoms with Gasteiger partial charge in [-0.25, -0.2) is 4.39 Å². The Morgan fingerprint density at radius 3 is 1.90 bits per heavy atom. The van der Waals surface area contributed by atoms with E-state index in [2.05, 4.69) is 0 Å². The molecule has 0 bridgehead atoms. The van der Waals surface area contributed by atoms with Gasteiger partial charge in [-0.15, -0.1) is 0 Å². The van der Waals surface area contributed by atoms with E-state index in [-0.39, 0.29) is 24.2 Å². The van der Waals surface area contributed by atoms with Crippen molar-refractivity contribution >= 4 is 11.8 Å². The Hall–Kier alpha value is -3.67. The molecule has 5 nitrogen and oxygen atoms in total. The minimum absolute atomic E-state index is 0.0107. The van der Waals surface area contributed by atoms with Crippen molar-refractivity contribution in [2.75, 3.05) is 0 Å². The molecule has 0 saturated heterocycles. The third-order valence-corrected chi connectivity index (χ3v) is 4.78. The van der Waals surface area contributed by atoms with E-state index in [4.69, 9.17) is 11.5 Å². The number of carbonyl (C=O) groups is 2. The number of primary amides is 2. The Labute approximate surface area is 167 Å². The molecule has 2 amide bonds. The molecule has 148 valence electrons. The van der Waals surface area contributed by atoms with Gasteiger partial charge in [0.15, 0.2) is 0 Å². The lowest BCUT2D eigenvalue weighted by atomic mass is 9.94. The highest BCUT2D eigenvalue weighted by atomic mass is 19.1. The quantitative estimate of drug-likeness (QED) is 0.599. The molecule has 29 heavy (non-hydrogen) atoms. The lowest BCUT2D eigenvalue weighted by Crippen LogP contribution is -2.14. The van der Waals surface area contributed by atoms with Crippen LogP contribution in [-0.4, -0.2) is 16.9 Å². The zero-order valence-corrected chi connectivity index (χ0v) is 15.9. The Morgan fingerprint density at radius 1 is 0.862 bits per heavy atom. The molecule has 3 rings (SSSR count). The Balaban J connectivity index is 2.00. The first-order valence-electron chi connectivity index (χ1n) is 9.03. The Bertz CT molecular complexity index is 1030. The first kappa shape index (κ1) is 20.1.